The number of carbonyl (C=O) groups is 1. The summed E-state index contributed by atoms with van der Waals surface area (Å²) >= 11 is 0. The predicted molar refractivity (Wildman–Crippen MR) is 42.1 cm³/mol. The Kier molecular flexibility index (Phi) is 2.88. The first-order valence-electron chi connectivity index (χ1n) is 4.09. The van der Waals surface area contributed by atoms with Gasteiger partial charge < -0.3 is 10.0 Å². The van der Waals surface area contributed by atoms with Gasteiger partial charge in [0.05, 0.1) is 0 Å². The fourth-order valence-corrected chi connectivity index (χ4v) is 1.29. The standard InChI is InChI=1S/C8H15NO2/c1-9(8(11)6-10)5-7-3-2-4-7/h7,10H,2-6H2,1H3. The highest BCUT2D eigenvalue weighted by Gasteiger charge is 2.20. The molecule has 0 aromatic rings. The molecule has 1 aliphatic rings. The van der Waals surface area contributed by atoms with Crippen molar-refractivity contribution < 1.29 is 9.90 Å². The molecule has 0 radical (unpaired) electrons. The minimum Gasteiger partial charge on any atom is -0.387 e. The Balaban J connectivity index is 2.18. The van der Waals surface area contributed by atoms with Gasteiger partial charge in [-0.3, -0.25) is 4.79 Å². The van der Waals surface area contributed by atoms with Crippen LogP contribution in [0.3, 0.4) is 0 Å². The number of likely N-dealkylation sites (N-methyl/N-ethyl adjacent to an activating group) is 1. The number of rotatable bonds is 3. The summed E-state index contributed by atoms with van der Waals surface area (Å²) in [6, 6.07) is 0. The molecule has 11 heavy (non-hydrogen) atoms. The van der Waals surface area contributed by atoms with E-state index in [4.69, 9.17) is 5.11 Å². The average Bonchev–Trinajstić information content (AvgIpc) is 1.94. The lowest BCUT2D eigenvalue weighted by molar-refractivity contribution is -0.133. The summed E-state index contributed by atoms with van der Waals surface area (Å²) in [5.74, 6) is 0.521. The maximum atomic E-state index is 10.9. The summed E-state index contributed by atoms with van der Waals surface area (Å²) in [7, 11) is 1.75. The molecule has 0 aromatic carbocycles. The van der Waals surface area contributed by atoms with Gasteiger partial charge in [-0.25, -0.2) is 0 Å². The normalized spacial score (nSPS) is 17.6. The number of aliphatic hydroxyl groups excluding tert-OH is 1. The first-order chi connectivity index (χ1) is 5.24. The molecule has 0 aliphatic heterocycles. The van der Waals surface area contributed by atoms with Crippen LogP contribution in [-0.2, 0) is 4.79 Å². The molecule has 1 N–H and O–H groups in total. The third kappa shape index (κ3) is 2.19. The number of nitrogens with zero attached hydrogens (tertiary/aromatic N) is 1. The van der Waals surface area contributed by atoms with Crippen molar-refractivity contribution in [3.05, 3.63) is 0 Å². The van der Waals surface area contributed by atoms with Crippen LogP contribution >= 0.6 is 0 Å². The van der Waals surface area contributed by atoms with Crippen LogP contribution in [0.4, 0.5) is 0 Å². The van der Waals surface area contributed by atoms with Crippen LogP contribution in [-0.4, -0.2) is 36.1 Å². The molecule has 0 spiro atoms. The molecule has 1 rings (SSSR count). The number of hydrogen-bond acceptors (Lipinski definition) is 2. The largest absolute Gasteiger partial charge is 0.387 e. The van der Waals surface area contributed by atoms with E-state index in [0.29, 0.717) is 5.92 Å². The van der Waals surface area contributed by atoms with Crippen LogP contribution < -0.4 is 0 Å². The minimum absolute atomic E-state index is 0.170. The lowest BCUT2D eigenvalue weighted by atomic mass is 9.85. The van der Waals surface area contributed by atoms with Crippen molar-refractivity contribution >= 4 is 5.91 Å². The summed E-state index contributed by atoms with van der Waals surface area (Å²) in [6.45, 7) is 0.461. The van der Waals surface area contributed by atoms with Crippen molar-refractivity contribution in [2.75, 3.05) is 20.2 Å². The van der Waals surface area contributed by atoms with Crippen LogP contribution in [0.15, 0.2) is 0 Å². The van der Waals surface area contributed by atoms with Gasteiger partial charge in [0.1, 0.15) is 6.61 Å². The molecule has 0 aromatic heterocycles. The maximum Gasteiger partial charge on any atom is 0.248 e. The Hall–Kier alpha value is -0.570. The van der Waals surface area contributed by atoms with E-state index in [1.54, 1.807) is 11.9 Å². The Labute approximate surface area is 67.0 Å². The molecule has 0 unspecified atom stereocenters. The highest BCUT2D eigenvalue weighted by Crippen LogP contribution is 2.26. The van der Waals surface area contributed by atoms with Gasteiger partial charge in [0.2, 0.25) is 5.91 Å². The summed E-state index contributed by atoms with van der Waals surface area (Å²) in [5, 5.41) is 8.52. The summed E-state index contributed by atoms with van der Waals surface area (Å²) < 4.78 is 0. The SMILES string of the molecule is CN(CC1CCC1)C(=O)CO. The van der Waals surface area contributed by atoms with Crippen molar-refractivity contribution in [1.29, 1.82) is 0 Å². The van der Waals surface area contributed by atoms with Crippen molar-refractivity contribution in [3.63, 3.8) is 0 Å². The van der Waals surface area contributed by atoms with Gasteiger partial charge in [-0.2, -0.15) is 0 Å². The summed E-state index contributed by atoms with van der Waals surface area (Å²) in [5.41, 5.74) is 0. The van der Waals surface area contributed by atoms with Crippen LogP contribution in [0.5, 0.6) is 0 Å². The van der Waals surface area contributed by atoms with Gasteiger partial charge in [0.25, 0.3) is 0 Å². The van der Waals surface area contributed by atoms with E-state index in [2.05, 4.69) is 0 Å². The molecule has 0 bridgehead atoms. The van der Waals surface area contributed by atoms with Gasteiger partial charge in [-0.05, 0) is 18.8 Å². The zero-order valence-electron chi connectivity index (χ0n) is 6.92. The number of carbonyl (C=O) groups excluding carboxylic acids is 1. The molecule has 3 heteroatoms. The molecule has 1 fully saturated rings. The molecular weight excluding hydrogens is 142 g/mol. The number of aliphatic hydroxyl groups is 1. The second kappa shape index (κ2) is 3.72. The number of amides is 1. The van der Waals surface area contributed by atoms with Crippen LogP contribution in [0.25, 0.3) is 0 Å². The van der Waals surface area contributed by atoms with Crippen LogP contribution in [0.1, 0.15) is 19.3 Å². The van der Waals surface area contributed by atoms with E-state index in [-0.39, 0.29) is 12.5 Å². The molecule has 64 valence electrons. The van der Waals surface area contributed by atoms with Gasteiger partial charge in [-0.1, -0.05) is 6.42 Å². The Morgan fingerprint density at radius 3 is 2.64 bits per heavy atom. The highest BCUT2D eigenvalue weighted by molar-refractivity contribution is 5.76. The molecular formula is C8H15NO2. The van der Waals surface area contributed by atoms with Gasteiger partial charge in [-0.15, -0.1) is 0 Å². The fraction of sp³-hybridized carbons (Fsp3) is 0.875. The Morgan fingerprint density at radius 1 is 1.64 bits per heavy atom. The van der Waals surface area contributed by atoms with Crippen LogP contribution in [0.2, 0.25) is 0 Å². The quantitative estimate of drug-likeness (QED) is 0.637. The lowest BCUT2D eigenvalue weighted by Crippen LogP contribution is -2.35. The smallest absolute Gasteiger partial charge is 0.248 e. The number of hydrogen-bond donors (Lipinski definition) is 1. The predicted octanol–water partition coefficient (Wildman–Crippen LogP) is 0.237. The van der Waals surface area contributed by atoms with Crippen LogP contribution in [0, 0.1) is 5.92 Å². The van der Waals surface area contributed by atoms with Gasteiger partial charge in [0, 0.05) is 13.6 Å². The van der Waals surface area contributed by atoms with E-state index in [1.165, 1.54) is 19.3 Å². The Bertz CT molecular complexity index is 143. The van der Waals surface area contributed by atoms with E-state index in [0.717, 1.165) is 6.54 Å². The second-order valence-electron chi connectivity index (χ2n) is 3.23. The van der Waals surface area contributed by atoms with E-state index >= 15 is 0 Å². The minimum atomic E-state index is -0.358. The molecule has 1 amide bonds. The van der Waals surface area contributed by atoms with Gasteiger partial charge in [0.15, 0.2) is 0 Å². The van der Waals surface area contributed by atoms with E-state index < -0.39 is 0 Å². The highest BCUT2D eigenvalue weighted by atomic mass is 16.3. The average molecular weight is 157 g/mol. The zero-order chi connectivity index (χ0) is 8.27. The summed E-state index contributed by atoms with van der Waals surface area (Å²) in [4.78, 5) is 12.5. The third-order valence-electron chi connectivity index (χ3n) is 2.32. The molecule has 1 saturated carbocycles. The van der Waals surface area contributed by atoms with E-state index in [1.807, 2.05) is 0 Å². The second-order valence-corrected chi connectivity index (χ2v) is 3.23. The Morgan fingerprint density at radius 2 is 2.27 bits per heavy atom. The molecule has 3 nitrogen and oxygen atoms in total. The molecule has 1 aliphatic carbocycles. The molecule has 0 saturated heterocycles. The van der Waals surface area contributed by atoms with Gasteiger partial charge >= 0.3 is 0 Å². The molecule has 0 atom stereocenters. The van der Waals surface area contributed by atoms with Crippen molar-refractivity contribution in [2.45, 2.75) is 19.3 Å². The zero-order valence-corrected chi connectivity index (χ0v) is 6.92. The first kappa shape index (κ1) is 8.53. The van der Waals surface area contributed by atoms with Crippen molar-refractivity contribution in [1.82, 2.24) is 4.90 Å². The maximum absolute atomic E-state index is 10.9. The summed E-state index contributed by atoms with van der Waals surface area (Å²) in [6.07, 6.45) is 3.78. The van der Waals surface area contributed by atoms with Crippen molar-refractivity contribution in [3.8, 4) is 0 Å². The fourth-order valence-electron chi connectivity index (χ4n) is 1.29. The monoisotopic (exact) mass is 157 g/mol. The first-order valence-corrected chi connectivity index (χ1v) is 4.09. The molecule has 0 heterocycles. The third-order valence-corrected chi connectivity index (χ3v) is 2.32. The lowest BCUT2D eigenvalue weighted by Gasteiger charge is -2.29. The topological polar surface area (TPSA) is 40.5 Å². The van der Waals surface area contributed by atoms with E-state index in [9.17, 15) is 4.79 Å². The van der Waals surface area contributed by atoms with Crippen molar-refractivity contribution in [2.24, 2.45) is 5.92 Å².